The third-order valence-electron chi connectivity index (χ3n) is 3.21. The summed E-state index contributed by atoms with van der Waals surface area (Å²) in [5.74, 6) is -2.95. The van der Waals surface area contributed by atoms with Gasteiger partial charge >= 0.3 is 5.97 Å². The highest BCUT2D eigenvalue weighted by Gasteiger charge is 2.47. The van der Waals surface area contributed by atoms with Gasteiger partial charge < -0.3 is 14.9 Å². The van der Waals surface area contributed by atoms with Crippen LogP contribution in [0.1, 0.15) is 10.4 Å². The van der Waals surface area contributed by atoms with Crippen molar-refractivity contribution in [1.29, 1.82) is 0 Å². The van der Waals surface area contributed by atoms with Crippen LogP contribution in [0.15, 0.2) is 54.3 Å². The Balaban J connectivity index is 2.41. The summed E-state index contributed by atoms with van der Waals surface area (Å²) in [5.41, 5.74) is -1.97. The molecule has 0 saturated carbocycles. The van der Waals surface area contributed by atoms with E-state index in [9.17, 15) is 19.8 Å². The second kappa shape index (κ2) is 5.30. The van der Waals surface area contributed by atoms with Gasteiger partial charge in [-0.15, -0.1) is 0 Å². The van der Waals surface area contributed by atoms with Crippen LogP contribution in [0.4, 0.5) is 0 Å². The zero-order valence-electron chi connectivity index (χ0n) is 10.8. The number of carbonyl (C=O) groups is 2. The van der Waals surface area contributed by atoms with Crippen molar-refractivity contribution in [2.75, 3.05) is 7.11 Å². The van der Waals surface area contributed by atoms with E-state index in [1.54, 1.807) is 30.3 Å². The number of ketones is 1. The summed E-state index contributed by atoms with van der Waals surface area (Å²) < 4.78 is 4.91. The molecule has 0 fully saturated rings. The number of ether oxygens (including phenoxy) is 1. The lowest BCUT2D eigenvalue weighted by Crippen LogP contribution is -2.48. The molecule has 5 heteroatoms. The van der Waals surface area contributed by atoms with Gasteiger partial charge in [-0.2, -0.15) is 0 Å². The summed E-state index contributed by atoms with van der Waals surface area (Å²) in [6.07, 6.45) is 3.87. The monoisotopic (exact) mass is 274 g/mol. The molecular weight excluding hydrogens is 260 g/mol. The maximum atomic E-state index is 12.4. The van der Waals surface area contributed by atoms with E-state index in [-0.39, 0.29) is 5.76 Å². The largest absolute Gasteiger partial charge is 0.497 e. The summed E-state index contributed by atoms with van der Waals surface area (Å²) >= 11 is 0. The van der Waals surface area contributed by atoms with Gasteiger partial charge in [0.05, 0.1) is 13.0 Å². The number of carbonyl (C=O) groups excluding carboxylic acids is 1. The maximum absolute atomic E-state index is 12.4. The fourth-order valence-corrected chi connectivity index (χ4v) is 2.08. The smallest absolute Gasteiger partial charge is 0.341 e. The molecule has 1 aromatic rings. The highest BCUT2D eigenvalue weighted by atomic mass is 16.5. The Morgan fingerprint density at radius 2 is 1.90 bits per heavy atom. The molecule has 1 aliphatic carbocycles. The number of hydrogen-bond donors (Lipinski definition) is 2. The number of benzene rings is 1. The Labute approximate surface area is 115 Å². The molecule has 2 rings (SSSR count). The molecule has 0 bridgehead atoms. The molecule has 5 nitrogen and oxygen atoms in total. The molecule has 0 spiro atoms. The fraction of sp³-hybridized carbons (Fsp3) is 0.200. The molecule has 0 aliphatic heterocycles. The van der Waals surface area contributed by atoms with Crippen LogP contribution in [0.2, 0.25) is 0 Å². The van der Waals surface area contributed by atoms with Crippen molar-refractivity contribution >= 4 is 11.8 Å². The molecule has 2 N–H and O–H groups in total. The summed E-state index contributed by atoms with van der Waals surface area (Å²) in [7, 11) is 1.36. The minimum atomic E-state index is -2.31. The number of allylic oxidation sites excluding steroid dienone is 1. The SMILES string of the molecule is COC1=C[C@](O)(C(=O)O)[C@@H](C(=O)c2ccccc2)C=C1. The predicted octanol–water partition coefficient (Wildman–Crippen LogP) is 1.40. The van der Waals surface area contributed by atoms with E-state index < -0.39 is 23.3 Å². The first-order valence-electron chi connectivity index (χ1n) is 5.99. The Morgan fingerprint density at radius 1 is 1.25 bits per heavy atom. The van der Waals surface area contributed by atoms with Gasteiger partial charge in [0.15, 0.2) is 11.4 Å². The van der Waals surface area contributed by atoms with E-state index in [1.807, 2.05) is 0 Å². The molecule has 0 amide bonds. The van der Waals surface area contributed by atoms with Crippen molar-refractivity contribution in [1.82, 2.24) is 0 Å². The van der Waals surface area contributed by atoms with Crippen LogP contribution in [0, 0.1) is 5.92 Å². The molecule has 1 aliphatic rings. The first-order valence-corrected chi connectivity index (χ1v) is 5.99. The average Bonchev–Trinajstić information content (AvgIpc) is 2.47. The van der Waals surface area contributed by atoms with Crippen LogP contribution in [0.25, 0.3) is 0 Å². The molecule has 0 saturated heterocycles. The van der Waals surface area contributed by atoms with E-state index in [0.29, 0.717) is 5.56 Å². The topological polar surface area (TPSA) is 83.8 Å². The third-order valence-corrected chi connectivity index (χ3v) is 3.21. The van der Waals surface area contributed by atoms with Gasteiger partial charge in [-0.25, -0.2) is 4.79 Å². The number of hydrogen-bond acceptors (Lipinski definition) is 4. The van der Waals surface area contributed by atoms with Crippen molar-refractivity contribution in [3.8, 4) is 0 Å². The highest BCUT2D eigenvalue weighted by Crippen LogP contribution is 2.31. The minimum absolute atomic E-state index is 0.201. The first kappa shape index (κ1) is 14.0. The molecule has 104 valence electrons. The second-order valence-electron chi connectivity index (χ2n) is 4.45. The molecule has 0 heterocycles. The summed E-state index contributed by atoms with van der Waals surface area (Å²) in [6, 6.07) is 8.26. The average molecular weight is 274 g/mol. The summed E-state index contributed by atoms with van der Waals surface area (Å²) in [4.78, 5) is 23.7. The number of aliphatic hydroxyl groups is 1. The minimum Gasteiger partial charge on any atom is -0.497 e. The van der Waals surface area contributed by atoms with Crippen molar-refractivity contribution in [2.24, 2.45) is 5.92 Å². The normalized spacial score (nSPS) is 24.9. The van der Waals surface area contributed by atoms with Gasteiger partial charge in [-0.05, 0) is 6.08 Å². The molecule has 1 aromatic carbocycles. The predicted molar refractivity (Wildman–Crippen MR) is 71.1 cm³/mol. The lowest BCUT2D eigenvalue weighted by Gasteiger charge is -2.29. The summed E-state index contributed by atoms with van der Waals surface area (Å²) in [6.45, 7) is 0. The van der Waals surface area contributed by atoms with Gasteiger partial charge in [0, 0.05) is 11.6 Å². The molecular formula is C15H14O5. The molecule has 0 radical (unpaired) electrons. The number of methoxy groups -OCH3 is 1. The van der Waals surface area contributed by atoms with Gasteiger partial charge in [-0.3, -0.25) is 4.79 Å². The lowest BCUT2D eigenvalue weighted by atomic mass is 9.78. The molecule has 0 aromatic heterocycles. The Kier molecular flexibility index (Phi) is 3.72. The van der Waals surface area contributed by atoms with Gasteiger partial charge in [0.25, 0.3) is 0 Å². The molecule has 2 atom stereocenters. The van der Waals surface area contributed by atoms with E-state index in [0.717, 1.165) is 6.08 Å². The van der Waals surface area contributed by atoms with Crippen LogP contribution in [-0.2, 0) is 9.53 Å². The Morgan fingerprint density at radius 3 is 2.45 bits per heavy atom. The Hall–Kier alpha value is -2.40. The first-order chi connectivity index (χ1) is 9.49. The number of Topliss-reactive ketones (excluding diaryl/α,β-unsaturated/α-hetero) is 1. The zero-order chi connectivity index (χ0) is 14.8. The second-order valence-corrected chi connectivity index (χ2v) is 4.45. The van der Waals surface area contributed by atoms with Crippen molar-refractivity contribution in [2.45, 2.75) is 5.60 Å². The third kappa shape index (κ3) is 2.35. The van der Waals surface area contributed by atoms with Crippen LogP contribution >= 0.6 is 0 Å². The van der Waals surface area contributed by atoms with Crippen molar-refractivity contribution < 1.29 is 24.5 Å². The maximum Gasteiger partial charge on any atom is 0.341 e. The van der Waals surface area contributed by atoms with E-state index in [4.69, 9.17) is 4.74 Å². The van der Waals surface area contributed by atoms with Crippen LogP contribution in [-0.4, -0.2) is 34.7 Å². The quantitative estimate of drug-likeness (QED) is 0.811. The summed E-state index contributed by atoms with van der Waals surface area (Å²) in [5, 5.41) is 19.6. The van der Waals surface area contributed by atoms with Crippen molar-refractivity contribution in [3.63, 3.8) is 0 Å². The molecule has 0 unspecified atom stereocenters. The van der Waals surface area contributed by atoms with E-state index in [2.05, 4.69) is 0 Å². The number of rotatable bonds is 4. The van der Waals surface area contributed by atoms with Gasteiger partial charge in [0.2, 0.25) is 0 Å². The van der Waals surface area contributed by atoms with E-state index in [1.165, 1.54) is 19.3 Å². The lowest BCUT2D eigenvalue weighted by molar-refractivity contribution is -0.155. The number of aliphatic carboxylic acids is 1. The standard InChI is InChI=1S/C15H14O5/c1-20-11-7-8-12(15(19,9-11)14(17)18)13(16)10-5-3-2-4-6-10/h2-9,12,19H,1H3,(H,17,18)/t12-,15-/m1/s1. The zero-order valence-corrected chi connectivity index (χ0v) is 10.8. The van der Waals surface area contributed by atoms with Gasteiger partial charge in [-0.1, -0.05) is 36.4 Å². The number of carboxylic acid groups (broad SMARTS) is 1. The van der Waals surface area contributed by atoms with Crippen LogP contribution in [0.5, 0.6) is 0 Å². The van der Waals surface area contributed by atoms with E-state index >= 15 is 0 Å². The van der Waals surface area contributed by atoms with Crippen molar-refractivity contribution in [3.05, 3.63) is 59.9 Å². The Bertz CT molecular complexity index is 588. The highest BCUT2D eigenvalue weighted by molar-refractivity contribution is 6.03. The number of carboxylic acids is 1. The van der Waals surface area contributed by atoms with Crippen LogP contribution in [0.3, 0.4) is 0 Å². The molecule has 20 heavy (non-hydrogen) atoms. The fourth-order valence-electron chi connectivity index (χ4n) is 2.08. The van der Waals surface area contributed by atoms with Crippen LogP contribution < -0.4 is 0 Å². The van der Waals surface area contributed by atoms with Gasteiger partial charge in [0.1, 0.15) is 5.76 Å².